The number of amides is 2. The van der Waals surface area contributed by atoms with Crippen LogP contribution in [-0.2, 0) is 26.2 Å². The molecular weight excluding hydrogens is 466 g/mol. The van der Waals surface area contributed by atoms with Crippen LogP contribution in [0.2, 0.25) is 0 Å². The third kappa shape index (κ3) is 7.99. The van der Waals surface area contributed by atoms with Crippen LogP contribution in [0.4, 0.5) is 5.69 Å². The molecule has 1 unspecified atom stereocenters. The molecule has 0 aliphatic heterocycles. The number of para-hydroxylation sites is 2. The van der Waals surface area contributed by atoms with E-state index < -0.39 is 28.5 Å². The lowest BCUT2D eigenvalue weighted by Gasteiger charge is -2.33. The Kier molecular flexibility index (Phi) is 10.1. The highest BCUT2D eigenvalue weighted by Crippen LogP contribution is 2.30. The Morgan fingerprint density at radius 2 is 1.66 bits per heavy atom. The summed E-state index contributed by atoms with van der Waals surface area (Å²) in [5, 5.41) is 2.88. The highest BCUT2D eigenvalue weighted by Gasteiger charge is 2.32. The van der Waals surface area contributed by atoms with Gasteiger partial charge in [-0.1, -0.05) is 48.9 Å². The fourth-order valence-electron chi connectivity index (χ4n) is 3.73. The van der Waals surface area contributed by atoms with Crippen LogP contribution in [0.5, 0.6) is 5.75 Å². The van der Waals surface area contributed by atoms with Crippen LogP contribution in [-0.4, -0.2) is 56.6 Å². The highest BCUT2D eigenvalue weighted by molar-refractivity contribution is 7.92. The van der Waals surface area contributed by atoms with Gasteiger partial charge in [-0.05, 0) is 51.8 Å². The molecule has 0 fully saturated rings. The van der Waals surface area contributed by atoms with E-state index in [1.165, 1.54) is 4.90 Å². The van der Waals surface area contributed by atoms with Crippen molar-refractivity contribution in [2.24, 2.45) is 0 Å². The molecule has 35 heavy (non-hydrogen) atoms. The minimum Gasteiger partial charge on any atom is -0.492 e. The molecule has 0 saturated heterocycles. The number of rotatable bonds is 12. The molecule has 8 nitrogen and oxygen atoms in total. The van der Waals surface area contributed by atoms with Crippen molar-refractivity contribution in [2.75, 3.05) is 23.7 Å². The van der Waals surface area contributed by atoms with Crippen LogP contribution in [0.1, 0.15) is 45.2 Å². The van der Waals surface area contributed by atoms with Crippen LogP contribution >= 0.6 is 0 Å². The van der Waals surface area contributed by atoms with E-state index in [1.807, 2.05) is 52.0 Å². The van der Waals surface area contributed by atoms with E-state index in [1.54, 1.807) is 31.2 Å². The summed E-state index contributed by atoms with van der Waals surface area (Å²) >= 11 is 0. The molecule has 9 heteroatoms. The van der Waals surface area contributed by atoms with Gasteiger partial charge in [0, 0.05) is 12.6 Å². The van der Waals surface area contributed by atoms with Gasteiger partial charge in [-0.25, -0.2) is 8.42 Å². The second kappa shape index (κ2) is 12.6. The third-order valence-electron chi connectivity index (χ3n) is 5.40. The summed E-state index contributed by atoms with van der Waals surface area (Å²) < 4.78 is 32.2. The zero-order chi connectivity index (χ0) is 26.2. The molecule has 2 rings (SSSR count). The average Bonchev–Trinajstić information content (AvgIpc) is 2.78. The fraction of sp³-hybridized carbons (Fsp3) is 0.462. The second-order valence-corrected chi connectivity index (χ2v) is 10.7. The fourth-order valence-corrected chi connectivity index (χ4v) is 4.58. The van der Waals surface area contributed by atoms with E-state index in [2.05, 4.69) is 5.32 Å². The summed E-state index contributed by atoms with van der Waals surface area (Å²) in [6, 6.07) is 13.5. The van der Waals surface area contributed by atoms with Crippen molar-refractivity contribution in [1.29, 1.82) is 0 Å². The van der Waals surface area contributed by atoms with Gasteiger partial charge in [-0.3, -0.25) is 13.9 Å². The third-order valence-corrected chi connectivity index (χ3v) is 6.53. The molecule has 0 aliphatic rings. The first-order chi connectivity index (χ1) is 16.5. The Morgan fingerprint density at radius 1 is 1.03 bits per heavy atom. The Labute approximate surface area is 209 Å². The number of aryl methyl sites for hydroxylation is 1. The van der Waals surface area contributed by atoms with Gasteiger partial charge in [0.1, 0.15) is 18.3 Å². The first-order valence-corrected chi connectivity index (χ1v) is 13.7. The number of hydrogen-bond donors (Lipinski definition) is 1. The Morgan fingerprint density at radius 3 is 2.20 bits per heavy atom. The molecule has 0 radical (unpaired) electrons. The van der Waals surface area contributed by atoms with Crippen LogP contribution in [0, 0.1) is 6.92 Å². The van der Waals surface area contributed by atoms with Crippen LogP contribution in [0.15, 0.2) is 48.5 Å². The molecular formula is C26H37N3O5S. The summed E-state index contributed by atoms with van der Waals surface area (Å²) in [5.41, 5.74) is 2.20. The first-order valence-electron chi connectivity index (χ1n) is 11.8. The van der Waals surface area contributed by atoms with Crippen molar-refractivity contribution in [1.82, 2.24) is 10.2 Å². The number of hydrogen-bond acceptors (Lipinski definition) is 5. The summed E-state index contributed by atoms with van der Waals surface area (Å²) in [4.78, 5) is 28.2. The lowest BCUT2D eigenvalue weighted by Crippen LogP contribution is -2.53. The summed E-state index contributed by atoms with van der Waals surface area (Å²) in [6.07, 6.45) is 1.43. The molecule has 2 aromatic rings. The predicted octanol–water partition coefficient (Wildman–Crippen LogP) is 3.49. The largest absolute Gasteiger partial charge is 0.492 e. The van der Waals surface area contributed by atoms with E-state index >= 15 is 0 Å². The molecule has 192 valence electrons. The van der Waals surface area contributed by atoms with Gasteiger partial charge >= 0.3 is 0 Å². The van der Waals surface area contributed by atoms with E-state index in [0.29, 0.717) is 18.8 Å². The van der Waals surface area contributed by atoms with E-state index in [9.17, 15) is 18.0 Å². The predicted molar refractivity (Wildman–Crippen MR) is 139 cm³/mol. The molecule has 1 atom stereocenters. The van der Waals surface area contributed by atoms with Crippen molar-refractivity contribution >= 4 is 27.5 Å². The number of nitrogens with zero attached hydrogens (tertiary/aromatic N) is 2. The van der Waals surface area contributed by atoms with Gasteiger partial charge in [0.25, 0.3) is 0 Å². The van der Waals surface area contributed by atoms with Gasteiger partial charge < -0.3 is 15.0 Å². The maximum Gasteiger partial charge on any atom is 0.244 e. The van der Waals surface area contributed by atoms with Gasteiger partial charge in [0.15, 0.2) is 0 Å². The summed E-state index contributed by atoms with van der Waals surface area (Å²) in [5.74, 6) is -0.389. The lowest BCUT2D eigenvalue weighted by atomic mass is 10.1. The molecule has 0 spiro atoms. The number of anilines is 1. The molecule has 0 saturated carbocycles. The maximum absolute atomic E-state index is 13.7. The number of carbonyl (C=O) groups is 2. The minimum atomic E-state index is -3.83. The minimum absolute atomic E-state index is 0.0986. The van der Waals surface area contributed by atoms with E-state index in [-0.39, 0.29) is 24.2 Å². The molecule has 0 bridgehead atoms. The monoisotopic (exact) mass is 503 g/mol. The SMILES string of the molecule is CCOc1ccccc1N(CC(=O)N(Cc1ccc(C)cc1)C(CC)C(=O)NC(C)C)S(C)(=O)=O. The molecule has 0 aliphatic carbocycles. The zero-order valence-electron chi connectivity index (χ0n) is 21.4. The molecule has 0 aromatic heterocycles. The highest BCUT2D eigenvalue weighted by atomic mass is 32.2. The van der Waals surface area contributed by atoms with Gasteiger partial charge in [-0.15, -0.1) is 0 Å². The molecule has 0 heterocycles. The molecule has 1 N–H and O–H groups in total. The number of ether oxygens (including phenoxy) is 1. The van der Waals surface area contributed by atoms with Crippen molar-refractivity contribution in [3.05, 3.63) is 59.7 Å². The van der Waals surface area contributed by atoms with Crippen molar-refractivity contribution in [3.63, 3.8) is 0 Å². The molecule has 2 amide bonds. The Bertz CT molecular complexity index is 1100. The average molecular weight is 504 g/mol. The van der Waals surface area contributed by atoms with Gasteiger partial charge in [0.2, 0.25) is 21.8 Å². The standard InChI is InChI=1S/C26H37N3O5S/c1-7-22(26(31)27-19(3)4)28(17-21-15-13-20(5)14-16-21)25(30)18-29(35(6,32)33)23-11-9-10-12-24(23)34-8-2/h9-16,19,22H,7-8,17-18H2,1-6H3,(H,27,31). The van der Waals surface area contributed by atoms with E-state index in [0.717, 1.165) is 21.7 Å². The second-order valence-electron chi connectivity index (χ2n) is 8.76. The number of carbonyl (C=O) groups excluding carboxylic acids is 2. The van der Waals surface area contributed by atoms with Crippen molar-refractivity contribution < 1.29 is 22.7 Å². The topological polar surface area (TPSA) is 96.0 Å². The van der Waals surface area contributed by atoms with Crippen LogP contribution in [0.25, 0.3) is 0 Å². The Hall–Kier alpha value is -3.07. The first kappa shape index (κ1) is 28.2. The van der Waals surface area contributed by atoms with Gasteiger partial charge in [0.05, 0.1) is 18.6 Å². The van der Waals surface area contributed by atoms with Crippen molar-refractivity contribution in [2.45, 2.75) is 59.7 Å². The molecule has 2 aromatic carbocycles. The number of nitrogens with one attached hydrogen (secondary N) is 1. The number of benzene rings is 2. The quantitative estimate of drug-likeness (QED) is 0.478. The normalized spacial score (nSPS) is 12.2. The van der Waals surface area contributed by atoms with Crippen LogP contribution < -0.4 is 14.4 Å². The van der Waals surface area contributed by atoms with E-state index in [4.69, 9.17) is 4.74 Å². The number of sulfonamides is 1. The maximum atomic E-state index is 13.7. The van der Waals surface area contributed by atoms with Crippen molar-refractivity contribution in [3.8, 4) is 5.75 Å². The zero-order valence-corrected chi connectivity index (χ0v) is 22.3. The summed E-state index contributed by atoms with van der Waals surface area (Å²) in [6.45, 7) is 9.37. The summed E-state index contributed by atoms with van der Waals surface area (Å²) in [7, 11) is -3.83. The van der Waals surface area contributed by atoms with Crippen LogP contribution in [0.3, 0.4) is 0 Å². The van der Waals surface area contributed by atoms with Gasteiger partial charge in [-0.2, -0.15) is 0 Å². The smallest absolute Gasteiger partial charge is 0.244 e. The Balaban J connectivity index is 2.47. The lowest BCUT2D eigenvalue weighted by molar-refractivity contribution is -0.140.